The van der Waals surface area contributed by atoms with Gasteiger partial charge in [-0.05, 0) is 34.7 Å². The minimum atomic E-state index is 0.121. The third kappa shape index (κ3) is 4.54. The summed E-state index contributed by atoms with van der Waals surface area (Å²) in [5.41, 5.74) is 2.49. The van der Waals surface area contributed by atoms with Gasteiger partial charge in [0, 0.05) is 18.1 Å². The summed E-state index contributed by atoms with van der Waals surface area (Å²) >= 11 is 1.52. The highest BCUT2D eigenvalue weighted by Crippen LogP contribution is 2.25. The number of benzene rings is 1. The molecule has 0 spiro atoms. The molecule has 0 amide bonds. The zero-order chi connectivity index (χ0) is 18.6. The van der Waals surface area contributed by atoms with E-state index in [4.69, 9.17) is 10.6 Å². The lowest BCUT2D eigenvalue weighted by molar-refractivity contribution is 0.291. The number of nitrogen functional groups attached to an aromatic ring is 1. The largest absolute Gasteiger partial charge is 0.486 e. The molecule has 6 nitrogen and oxygen atoms in total. The van der Waals surface area contributed by atoms with Crippen molar-refractivity contribution in [3.63, 3.8) is 0 Å². The molecule has 2 aromatic heterocycles. The van der Waals surface area contributed by atoms with Crippen molar-refractivity contribution in [2.24, 2.45) is 0 Å². The predicted octanol–water partition coefficient (Wildman–Crippen LogP) is 3.56. The molecule has 7 heteroatoms. The van der Waals surface area contributed by atoms with Crippen LogP contribution in [0.15, 0.2) is 53.9 Å². The normalized spacial score (nSPS) is 11.5. The first-order valence-corrected chi connectivity index (χ1v) is 9.36. The van der Waals surface area contributed by atoms with Gasteiger partial charge < -0.3 is 10.6 Å². The van der Waals surface area contributed by atoms with Crippen LogP contribution >= 0.6 is 11.8 Å². The van der Waals surface area contributed by atoms with Crippen LogP contribution in [0, 0.1) is 0 Å². The maximum Gasteiger partial charge on any atom is 0.210 e. The van der Waals surface area contributed by atoms with Crippen molar-refractivity contribution in [3.05, 3.63) is 65.7 Å². The fraction of sp³-hybridized carbons (Fsp3) is 0.316. The van der Waals surface area contributed by atoms with Crippen molar-refractivity contribution in [1.82, 2.24) is 19.9 Å². The van der Waals surface area contributed by atoms with Crippen molar-refractivity contribution < 1.29 is 4.74 Å². The highest BCUT2D eigenvalue weighted by Gasteiger charge is 2.14. The molecular formula is C19H23N5OS. The molecule has 0 aliphatic carbocycles. The number of hydrogen-bond acceptors (Lipinski definition) is 6. The van der Waals surface area contributed by atoms with Gasteiger partial charge in [-0.3, -0.25) is 4.98 Å². The molecule has 0 bridgehead atoms. The molecule has 3 rings (SSSR count). The molecular weight excluding hydrogens is 346 g/mol. The van der Waals surface area contributed by atoms with Crippen LogP contribution in [0.5, 0.6) is 5.75 Å². The van der Waals surface area contributed by atoms with Crippen LogP contribution in [0.25, 0.3) is 0 Å². The standard InChI is InChI=1S/C19H23N5OS/c1-19(2,3)15-6-8-16(9-7-15)25-12-17-22-23-18(24(17)20)26-13-14-5-4-10-21-11-14/h4-11H,12-13,20H2,1-3H3. The number of pyridine rings is 1. The first-order chi connectivity index (χ1) is 12.4. The average molecular weight is 369 g/mol. The number of nitrogens with two attached hydrogens (primary N) is 1. The van der Waals surface area contributed by atoms with Gasteiger partial charge in [0.15, 0.2) is 5.82 Å². The summed E-state index contributed by atoms with van der Waals surface area (Å²) in [5, 5.41) is 8.92. The third-order valence-electron chi connectivity index (χ3n) is 3.91. The Labute approximate surface area is 157 Å². The number of hydrogen-bond donors (Lipinski definition) is 1. The van der Waals surface area contributed by atoms with E-state index in [1.807, 2.05) is 30.5 Å². The van der Waals surface area contributed by atoms with Crippen LogP contribution < -0.4 is 10.6 Å². The second-order valence-electron chi connectivity index (χ2n) is 6.98. The Bertz CT molecular complexity index is 841. The van der Waals surface area contributed by atoms with Crippen molar-refractivity contribution in [2.75, 3.05) is 5.84 Å². The zero-order valence-corrected chi connectivity index (χ0v) is 16.0. The van der Waals surface area contributed by atoms with E-state index in [9.17, 15) is 0 Å². The Kier molecular flexibility index (Phi) is 5.46. The molecule has 2 heterocycles. The summed E-state index contributed by atoms with van der Waals surface area (Å²) < 4.78 is 7.27. The van der Waals surface area contributed by atoms with E-state index in [1.54, 1.807) is 6.20 Å². The molecule has 0 saturated heterocycles. The quantitative estimate of drug-likeness (QED) is 0.529. The highest BCUT2D eigenvalue weighted by molar-refractivity contribution is 7.98. The molecule has 0 saturated carbocycles. The van der Waals surface area contributed by atoms with Gasteiger partial charge in [-0.2, -0.15) is 0 Å². The van der Waals surface area contributed by atoms with E-state index >= 15 is 0 Å². The third-order valence-corrected chi connectivity index (χ3v) is 4.93. The van der Waals surface area contributed by atoms with Crippen LogP contribution in [-0.4, -0.2) is 19.9 Å². The summed E-state index contributed by atoms with van der Waals surface area (Å²) in [4.78, 5) is 4.10. The predicted molar refractivity (Wildman–Crippen MR) is 103 cm³/mol. The van der Waals surface area contributed by atoms with Gasteiger partial charge in [0.1, 0.15) is 12.4 Å². The fourth-order valence-corrected chi connectivity index (χ4v) is 3.14. The lowest BCUT2D eigenvalue weighted by Crippen LogP contribution is -2.16. The average Bonchev–Trinajstić information content (AvgIpc) is 2.98. The number of aromatic nitrogens is 4. The van der Waals surface area contributed by atoms with E-state index in [-0.39, 0.29) is 12.0 Å². The number of thioether (sulfide) groups is 1. The Morgan fingerprint density at radius 1 is 1.12 bits per heavy atom. The topological polar surface area (TPSA) is 78.9 Å². The van der Waals surface area contributed by atoms with Crippen molar-refractivity contribution in [3.8, 4) is 5.75 Å². The van der Waals surface area contributed by atoms with Crippen LogP contribution in [0.2, 0.25) is 0 Å². The van der Waals surface area contributed by atoms with E-state index in [1.165, 1.54) is 22.0 Å². The molecule has 3 aromatic rings. The monoisotopic (exact) mass is 369 g/mol. The van der Waals surface area contributed by atoms with Gasteiger partial charge in [-0.25, -0.2) is 4.68 Å². The van der Waals surface area contributed by atoms with Gasteiger partial charge in [-0.15, -0.1) is 10.2 Å². The molecule has 0 fully saturated rings. The first-order valence-electron chi connectivity index (χ1n) is 8.38. The van der Waals surface area contributed by atoms with Gasteiger partial charge in [0.05, 0.1) is 0 Å². The van der Waals surface area contributed by atoms with E-state index in [2.05, 4.69) is 48.1 Å². The Morgan fingerprint density at radius 3 is 2.54 bits per heavy atom. The lowest BCUT2D eigenvalue weighted by atomic mass is 9.87. The smallest absolute Gasteiger partial charge is 0.210 e. The molecule has 0 aliphatic rings. The Balaban J connectivity index is 1.58. The molecule has 2 N–H and O–H groups in total. The van der Waals surface area contributed by atoms with Crippen LogP contribution in [0.3, 0.4) is 0 Å². The van der Waals surface area contributed by atoms with Crippen molar-refractivity contribution in [1.29, 1.82) is 0 Å². The van der Waals surface area contributed by atoms with Crippen LogP contribution in [-0.2, 0) is 17.8 Å². The Hall–Kier alpha value is -2.54. The molecule has 0 atom stereocenters. The number of nitrogens with zero attached hydrogens (tertiary/aromatic N) is 4. The summed E-state index contributed by atoms with van der Waals surface area (Å²) in [6.07, 6.45) is 3.58. The van der Waals surface area contributed by atoms with Crippen LogP contribution in [0.4, 0.5) is 0 Å². The van der Waals surface area contributed by atoms with Gasteiger partial charge in [0.25, 0.3) is 0 Å². The maximum absolute atomic E-state index is 6.09. The van der Waals surface area contributed by atoms with E-state index in [0.717, 1.165) is 17.1 Å². The second kappa shape index (κ2) is 7.78. The zero-order valence-electron chi connectivity index (χ0n) is 15.2. The molecule has 0 radical (unpaired) electrons. The highest BCUT2D eigenvalue weighted by atomic mass is 32.2. The maximum atomic E-state index is 6.09. The Morgan fingerprint density at radius 2 is 1.88 bits per heavy atom. The van der Waals surface area contributed by atoms with Gasteiger partial charge in [0.2, 0.25) is 5.16 Å². The van der Waals surface area contributed by atoms with E-state index in [0.29, 0.717) is 11.0 Å². The fourth-order valence-electron chi connectivity index (χ4n) is 2.33. The molecule has 1 aromatic carbocycles. The summed E-state index contributed by atoms with van der Waals surface area (Å²) in [6.45, 7) is 6.82. The second-order valence-corrected chi connectivity index (χ2v) is 7.92. The molecule has 136 valence electrons. The lowest BCUT2D eigenvalue weighted by Gasteiger charge is -2.19. The minimum Gasteiger partial charge on any atom is -0.486 e. The summed E-state index contributed by atoms with van der Waals surface area (Å²) in [6, 6.07) is 12.0. The van der Waals surface area contributed by atoms with E-state index < -0.39 is 0 Å². The first kappa shape index (κ1) is 18.3. The summed E-state index contributed by atoms with van der Waals surface area (Å²) in [7, 11) is 0. The molecule has 0 unspecified atom stereocenters. The molecule has 26 heavy (non-hydrogen) atoms. The minimum absolute atomic E-state index is 0.121. The van der Waals surface area contributed by atoms with Gasteiger partial charge >= 0.3 is 0 Å². The molecule has 0 aliphatic heterocycles. The van der Waals surface area contributed by atoms with Crippen molar-refractivity contribution in [2.45, 2.75) is 43.7 Å². The SMILES string of the molecule is CC(C)(C)c1ccc(OCc2nnc(SCc3cccnc3)n2N)cc1. The summed E-state index contributed by atoms with van der Waals surface area (Å²) in [5.74, 6) is 8.19. The number of rotatable bonds is 6. The van der Waals surface area contributed by atoms with Crippen molar-refractivity contribution >= 4 is 11.8 Å². The number of ether oxygens (including phenoxy) is 1. The van der Waals surface area contributed by atoms with Crippen LogP contribution in [0.1, 0.15) is 37.7 Å². The van der Waals surface area contributed by atoms with Gasteiger partial charge in [-0.1, -0.05) is 50.7 Å².